The molecule has 2 aliphatic rings. The van der Waals surface area contributed by atoms with Crippen molar-refractivity contribution in [3.63, 3.8) is 0 Å². The second-order valence-corrected chi connectivity index (χ2v) is 5.22. The van der Waals surface area contributed by atoms with Crippen LogP contribution in [0.2, 0.25) is 0 Å². The van der Waals surface area contributed by atoms with Crippen LogP contribution >= 0.6 is 0 Å². The van der Waals surface area contributed by atoms with Gasteiger partial charge in [-0.2, -0.15) is 0 Å². The zero-order valence-corrected chi connectivity index (χ0v) is 9.87. The monoisotopic (exact) mass is 219 g/mol. The van der Waals surface area contributed by atoms with E-state index in [1.54, 1.807) is 0 Å². The maximum atomic E-state index is 6.04. The zero-order chi connectivity index (χ0) is 10.8. The van der Waals surface area contributed by atoms with Gasteiger partial charge in [0.15, 0.2) is 0 Å². The second-order valence-electron chi connectivity index (χ2n) is 5.22. The summed E-state index contributed by atoms with van der Waals surface area (Å²) in [4.78, 5) is 0. The molecule has 1 saturated heterocycles. The van der Waals surface area contributed by atoms with E-state index in [1.807, 2.05) is 0 Å². The number of hydrogen-bond acceptors (Lipinski definition) is 2. The van der Waals surface area contributed by atoms with E-state index in [2.05, 4.69) is 17.4 Å². The van der Waals surface area contributed by atoms with Gasteiger partial charge in [0.1, 0.15) is 11.5 Å². The lowest BCUT2D eigenvalue weighted by molar-refractivity contribution is 0.347. The normalized spacial score (nSPS) is 27.4. The van der Waals surface area contributed by atoms with Crippen molar-refractivity contribution < 1.29 is 4.42 Å². The number of furan rings is 1. The number of nitrogens with one attached hydrogen (secondary N) is 1. The molecule has 0 amide bonds. The van der Waals surface area contributed by atoms with Crippen molar-refractivity contribution in [2.24, 2.45) is 0 Å². The number of rotatable bonds is 2. The second kappa shape index (κ2) is 4.62. The van der Waals surface area contributed by atoms with Crippen molar-refractivity contribution >= 4 is 0 Å². The highest BCUT2D eigenvalue weighted by Gasteiger charge is 2.23. The van der Waals surface area contributed by atoms with Crippen LogP contribution in [0.3, 0.4) is 0 Å². The van der Waals surface area contributed by atoms with Crippen molar-refractivity contribution in [2.75, 3.05) is 6.54 Å². The van der Waals surface area contributed by atoms with E-state index in [0.29, 0.717) is 12.0 Å². The molecule has 0 radical (unpaired) electrons. The maximum Gasteiger partial charge on any atom is 0.121 e. The summed E-state index contributed by atoms with van der Waals surface area (Å²) < 4.78 is 6.04. The fourth-order valence-electron chi connectivity index (χ4n) is 3.09. The van der Waals surface area contributed by atoms with Crippen LogP contribution < -0.4 is 5.32 Å². The Kier molecular flexibility index (Phi) is 3.00. The molecule has 2 fully saturated rings. The van der Waals surface area contributed by atoms with Crippen molar-refractivity contribution in [1.82, 2.24) is 5.32 Å². The van der Waals surface area contributed by atoms with E-state index in [1.165, 1.54) is 50.7 Å². The van der Waals surface area contributed by atoms with Crippen molar-refractivity contribution in [3.8, 4) is 0 Å². The Morgan fingerprint density at radius 2 is 1.75 bits per heavy atom. The summed E-state index contributed by atoms with van der Waals surface area (Å²) in [5, 5.41) is 3.50. The minimum atomic E-state index is 0.484. The van der Waals surface area contributed by atoms with E-state index < -0.39 is 0 Å². The Hall–Kier alpha value is -0.760. The van der Waals surface area contributed by atoms with Crippen LogP contribution in [0.4, 0.5) is 0 Å². The Morgan fingerprint density at radius 3 is 2.50 bits per heavy atom. The zero-order valence-electron chi connectivity index (χ0n) is 9.87. The molecular formula is C14H21NO. The van der Waals surface area contributed by atoms with Crippen molar-refractivity contribution in [3.05, 3.63) is 23.7 Å². The highest BCUT2D eigenvalue weighted by atomic mass is 16.3. The Bertz CT molecular complexity index is 332. The summed E-state index contributed by atoms with van der Waals surface area (Å²) in [6.45, 7) is 1.14. The first-order chi connectivity index (χ1) is 7.93. The third-order valence-electron chi connectivity index (χ3n) is 4.06. The highest BCUT2D eigenvalue weighted by molar-refractivity contribution is 5.15. The van der Waals surface area contributed by atoms with Crippen molar-refractivity contribution in [2.45, 2.75) is 56.9 Å². The van der Waals surface area contributed by atoms with Crippen LogP contribution in [0.1, 0.15) is 68.4 Å². The van der Waals surface area contributed by atoms with Gasteiger partial charge in [-0.15, -0.1) is 0 Å². The quantitative estimate of drug-likeness (QED) is 0.819. The van der Waals surface area contributed by atoms with Gasteiger partial charge >= 0.3 is 0 Å². The molecule has 88 valence electrons. The lowest BCUT2D eigenvalue weighted by atomic mass is 9.88. The van der Waals surface area contributed by atoms with Crippen LogP contribution in [-0.4, -0.2) is 6.54 Å². The summed E-state index contributed by atoms with van der Waals surface area (Å²) in [6, 6.07) is 4.88. The average molecular weight is 219 g/mol. The van der Waals surface area contributed by atoms with Gasteiger partial charge < -0.3 is 9.73 Å². The first-order valence-electron chi connectivity index (χ1n) is 6.76. The molecule has 1 aromatic heterocycles. The van der Waals surface area contributed by atoms with Crippen LogP contribution in [0.5, 0.6) is 0 Å². The van der Waals surface area contributed by atoms with Gasteiger partial charge in [-0.3, -0.25) is 0 Å². The fourth-order valence-corrected chi connectivity index (χ4v) is 3.09. The average Bonchev–Trinajstić information content (AvgIpc) is 3.01. The van der Waals surface area contributed by atoms with E-state index in [4.69, 9.17) is 4.42 Å². The Morgan fingerprint density at radius 1 is 0.938 bits per heavy atom. The Balaban J connectivity index is 1.71. The molecule has 0 bridgehead atoms. The van der Waals surface area contributed by atoms with Crippen LogP contribution in [0.15, 0.2) is 16.5 Å². The first kappa shape index (κ1) is 10.4. The van der Waals surface area contributed by atoms with Gasteiger partial charge in [0, 0.05) is 5.92 Å². The molecule has 0 aromatic carbocycles. The largest absolute Gasteiger partial charge is 0.464 e. The Labute approximate surface area is 97.4 Å². The van der Waals surface area contributed by atoms with Crippen LogP contribution in [0, 0.1) is 0 Å². The molecular weight excluding hydrogens is 198 g/mol. The van der Waals surface area contributed by atoms with Gasteiger partial charge in [0.2, 0.25) is 0 Å². The predicted octanol–water partition coefficient (Wildman–Crippen LogP) is 3.75. The van der Waals surface area contributed by atoms with Gasteiger partial charge in [-0.05, 0) is 44.4 Å². The summed E-state index contributed by atoms with van der Waals surface area (Å²) in [7, 11) is 0. The minimum Gasteiger partial charge on any atom is -0.464 e. The molecule has 1 aromatic rings. The highest BCUT2D eigenvalue weighted by Crippen LogP contribution is 2.35. The van der Waals surface area contributed by atoms with E-state index in [0.717, 1.165) is 12.3 Å². The molecule has 1 unspecified atom stereocenters. The van der Waals surface area contributed by atoms with Crippen LogP contribution in [0.25, 0.3) is 0 Å². The topological polar surface area (TPSA) is 25.2 Å². The summed E-state index contributed by atoms with van der Waals surface area (Å²) in [5.41, 5.74) is 0. The molecule has 1 N–H and O–H groups in total. The third kappa shape index (κ3) is 2.03. The third-order valence-corrected chi connectivity index (χ3v) is 4.06. The molecule has 1 atom stereocenters. The molecule has 16 heavy (non-hydrogen) atoms. The van der Waals surface area contributed by atoms with Gasteiger partial charge in [-0.1, -0.05) is 19.3 Å². The van der Waals surface area contributed by atoms with Gasteiger partial charge in [0.25, 0.3) is 0 Å². The maximum absolute atomic E-state index is 6.04. The fraction of sp³-hybridized carbons (Fsp3) is 0.714. The lowest BCUT2D eigenvalue weighted by Gasteiger charge is -2.19. The van der Waals surface area contributed by atoms with Crippen LogP contribution in [-0.2, 0) is 0 Å². The molecule has 2 heteroatoms. The minimum absolute atomic E-state index is 0.484. The van der Waals surface area contributed by atoms with Crippen molar-refractivity contribution in [1.29, 1.82) is 0 Å². The summed E-state index contributed by atoms with van der Waals surface area (Å²) in [6.07, 6.45) is 9.33. The van der Waals surface area contributed by atoms with E-state index >= 15 is 0 Å². The van der Waals surface area contributed by atoms with E-state index in [-0.39, 0.29) is 0 Å². The lowest BCUT2D eigenvalue weighted by Crippen LogP contribution is -2.11. The predicted molar refractivity (Wildman–Crippen MR) is 64.5 cm³/mol. The summed E-state index contributed by atoms with van der Waals surface area (Å²) in [5.74, 6) is 3.10. The molecule has 1 saturated carbocycles. The molecule has 3 rings (SSSR count). The number of hydrogen-bond donors (Lipinski definition) is 1. The summed E-state index contributed by atoms with van der Waals surface area (Å²) >= 11 is 0. The van der Waals surface area contributed by atoms with Gasteiger partial charge in [0.05, 0.1) is 6.04 Å². The molecule has 1 aliphatic heterocycles. The molecule has 2 nitrogen and oxygen atoms in total. The first-order valence-corrected chi connectivity index (χ1v) is 6.76. The molecule has 2 heterocycles. The SMILES string of the molecule is c1cc(C2CCCN2)oc1C1CCCCC1. The van der Waals surface area contributed by atoms with Gasteiger partial charge in [-0.25, -0.2) is 0 Å². The molecule has 0 spiro atoms. The molecule has 1 aliphatic carbocycles. The standard InChI is InChI=1S/C14H21NO/c1-2-5-11(6-3-1)13-8-9-14(16-13)12-7-4-10-15-12/h8-9,11-12,15H,1-7,10H2. The smallest absolute Gasteiger partial charge is 0.121 e. The van der Waals surface area contributed by atoms with E-state index in [9.17, 15) is 0 Å².